The molecule has 1 N–H and O–H groups in total. The van der Waals surface area contributed by atoms with Crippen LogP contribution in [0.2, 0.25) is 0 Å². The summed E-state index contributed by atoms with van der Waals surface area (Å²) in [6.45, 7) is 0.0775. The Morgan fingerprint density at radius 1 is 1.33 bits per heavy atom. The van der Waals surface area contributed by atoms with Crippen LogP contribution in [-0.4, -0.2) is 27.0 Å². The highest BCUT2D eigenvalue weighted by Gasteiger charge is 2.35. The predicted molar refractivity (Wildman–Crippen MR) is 97.8 cm³/mol. The molecule has 0 saturated carbocycles. The van der Waals surface area contributed by atoms with Gasteiger partial charge in [0, 0.05) is 21.9 Å². The minimum Gasteiger partial charge on any atom is -0.338 e. The van der Waals surface area contributed by atoms with Gasteiger partial charge in [0.05, 0.1) is 5.37 Å². The van der Waals surface area contributed by atoms with Gasteiger partial charge < -0.3 is 9.79 Å². The lowest BCUT2D eigenvalue weighted by atomic mass is 10.0. The monoisotopic (exact) mass is 385 g/mol. The van der Waals surface area contributed by atoms with Crippen molar-refractivity contribution in [1.29, 1.82) is 0 Å². The molecule has 24 heavy (non-hydrogen) atoms. The van der Waals surface area contributed by atoms with E-state index in [0.717, 1.165) is 30.6 Å². The summed E-state index contributed by atoms with van der Waals surface area (Å²) in [5, 5.41) is 0.0540. The van der Waals surface area contributed by atoms with Gasteiger partial charge in [0.1, 0.15) is 6.73 Å². The Kier molecular flexibility index (Phi) is 6.47. The lowest BCUT2D eigenvalue weighted by molar-refractivity contribution is -0.111. The Balaban J connectivity index is 1.64. The van der Waals surface area contributed by atoms with Crippen molar-refractivity contribution in [1.82, 2.24) is 4.90 Å². The molecule has 1 aliphatic carbocycles. The number of benzene rings is 1. The molecule has 1 aromatic rings. The molecule has 1 heterocycles. The van der Waals surface area contributed by atoms with Crippen LogP contribution in [0.5, 0.6) is 0 Å². The summed E-state index contributed by atoms with van der Waals surface area (Å²) in [4.78, 5) is 25.6. The lowest BCUT2D eigenvalue weighted by Crippen LogP contribution is -2.31. The molecular formula is C16H20NO4PS2. The zero-order chi connectivity index (χ0) is 16.9. The number of rotatable bonds is 6. The maximum Gasteiger partial charge on any atom is 0.318 e. The first-order valence-corrected chi connectivity index (χ1v) is 10.9. The molecule has 0 bridgehead atoms. The molecule has 0 spiro atoms. The summed E-state index contributed by atoms with van der Waals surface area (Å²) in [7, 11) is -2.97. The minimum atomic E-state index is -2.97. The van der Waals surface area contributed by atoms with Crippen LogP contribution in [0.4, 0.5) is 0 Å². The number of allylic oxidation sites excluding steroid dienone is 2. The molecule has 8 heteroatoms. The molecule has 2 atom stereocenters. The number of hydrogen-bond donors (Lipinski definition) is 1. The molecule has 0 aromatic heterocycles. The largest absolute Gasteiger partial charge is 0.338 e. The van der Waals surface area contributed by atoms with Crippen molar-refractivity contribution in [3.05, 3.63) is 40.9 Å². The van der Waals surface area contributed by atoms with Crippen LogP contribution in [0.15, 0.2) is 45.8 Å². The van der Waals surface area contributed by atoms with Gasteiger partial charge in [-0.2, -0.15) is 0 Å². The molecule has 1 aromatic carbocycles. The maximum atomic E-state index is 12.4. The van der Waals surface area contributed by atoms with Crippen molar-refractivity contribution in [2.24, 2.45) is 0 Å². The quantitative estimate of drug-likeness (QED) is 0.581. The first-order chi connectivity index (χ1) is 11.6. The van der Waals surface area contributed by atoms with Gasteiger partial charge in [0.2, 0.25) is 0 Å². The lowest BCUT2D eigenvalue weighted by Gasteiger charge is -2.28. The van der Waals surface area contributed by atoms with E-state index in [0.29, 0.717) is 6.42 Å². The van der Waals surface area contributed by atoms with E-state index in [-0.39, 0.29) is 17.2 Å². The van der Waals surface area contributed by atoms with Crippen molar-refractivity contribution < 1.29 is 18.8 Å². The van der Waals surface area contributed by atoms with Crippen molar-refractivity contribution >= 4 is 36.9 Å². The Hall–Kier alpha value is -0.720. The highest BCUT2D eigenvalue weighted by Crippen LogP contribution is 2.47. The molecule has 130 valence electrons. The van der Waals surface area contributed by atoms with E-state index in [1.807, 2.05) is 35.2 Å². The highest BCUT2D eigenvalue weighted by molar-refractivity contribution is 8.13. The molecule has 2 unspecified atom stereocenters. The van der Waals surface area contributed by atoms with Gasteiger partial charge in [-0.05, 0) is 37.8 Å². The van der Waals surface area contributed by atoms with E-state index in [2.05, 4.69) is 0 Å². The summed E-state index contributed by atoms with van der Waals surface area (Å²) in [5.74, 6) is 0. The molecule has 1 aliphatic heterocycles. The standard InChI is InChI=1S/C16H20NO4PS2/c18-16(23-12-6-2-1-3-7-12)10-15-17(11-21-22(19)20)13-8-4-5-9-14(13)24-15/h1-3,6-7,15,22H,4-5,8-11H2,(H,19,20). The summed E-state index contributed by atoms with van der Waals surface area (Å²) < 4.78 is 15.9. The van der Waals surface area contributed by atoms with E-state index in [1.54, 1.807) is 11.8 Å². The third-order valence-corrected chi connectivity index (χ3v) is 6.70. The molecule has 0 radical (unpaired) electrons. The SMILES string of the molecule is O=C(CC1SC2=C(CCCC2)N1CO[PH](=O)O)Sc1ccccc1. The second-order valence-corrected chi connectivity index (χ2v) is 8.87. The van der Waals surface area contributed by atoms with Crippen molar-refractivity contribution in [3.63, 3.8) is 0 Å². The zero-order valence-corrected chi connectivity index (χ0v) is 15.8. The van der Waals surface area contributed by atoms with Gasteiger partial charge in [-0.15, -0.1) is 11.8 Å². The fourth-order valence-electron chi connectivity index (χ4n) is 2.94. The zero-order valence-electron chi connectivity index (χ0n) is 13.1. The van der Waals surface area contributed by atoms with Crippen molar-refractivity contribution in [2.45, 2.75) is 42.4 Å². The fraction of sp³-hybridized carbons (Fsp3) is 0.438. The van der Waals surface area contributed by atoms with Gasteiger partial charge in [-0.3, -0.25) is 13.9 Å². The predicted octanol–water partition coefficient (Wildman–Crippen LogP) is 4.21. The molecule has 0 fully saturated rings. The van der Waals surface area contributed by atoms with Gasteiger partial charge in [0.15, 0.2) is 5.12 Å². The Morgan fingerprint density at radius 3 is 2.83 bits per heavy atom. The molecule has 3 rings (SSSR count). The second-order valence-electron chi connectivity index (χ2n) is 5.65. The third kappa shape index (κ3) is 4.67. The number of thioether (sulfide) groups is 2. The van der Waals surface area contributed by atoms with Crippen LogP contribution in [0.25, 0.3) is 0 Å². The van der Waals surface area contributed by atoms with E-state index in [1.165, 1.54) is 22.4 Å². The third-order valence-electron chi connectivity index (χ3n) is 4.01. The molecule has 0 amide bonds. The molecule has 2 aliphatic rings. The normalized spacial score (nSPS) is 21.7. The summed E-state index contributed by atoms with van der Waals surface area (Å²) in [6.07, 6.45) is 4.64. The van der Waals surface area contributed by atoms with Gasteiger partial charge in [-0.1, -0.05) is 30.0 Å². The van der Waals surface area contributed by atoms with Crippen LogP contribution >= 0.6 is 31.8 Å². The average Bonchev–Trinajstić information content (AvgIpc) is 2.90. The Labute approximate surface area is 150 Å². The Morgan fingerprint density at radius 2 is 2.08 bits per heavy atom. The first-order valence-electron chi connectivity index (χ1n) is 7.90. The van der Waals surface area contributed by atoms with E-state index < -0.39 is 8.25 Å². The first kappa shape index (κ1) is 18.1. The molecule has 5 nitrogen and oxygen atoms in total. The van der Waals surface area contributed by atoms with Crippen LogP contribution in [-0.2, 0) is 13.9 Å². The van der Waals surface area contributed by atoms with Crippen LogP contribution in [0.3, 0.4) is 0 Å². The fourth-order valence-corrected chi connectivity index (χ4v) is 5.58. The number of hydrogen-bond acceptors (Lipinski definition) is 6. The number of carbonyl (C=O) groups is 1. The van der Waals surface area contributed by atoms with Crippen LogP contribution in [0.1, 0.15) is 32.1 Å². The molecular weight excluding hydrogens is 365 g/mol. The van der Waals surface area contributed by atoms with E-state index >= 15 is 0 Å². The van der Waals surface area contributed by atoms with Crippen molar-refractivity contribution in [2.75, 3.05) is 6.73 Å². The van der Waals surface area contributed by atoms with Gasteiger partial charge >= 0.3 is 8.25 Å². The maximum absolute atomic E-state index is 12.4. The number of carbonyl (C=O) groups excluding carboxylic acids is 1. The van der Waals surface area contributed by atoms with Crippen LogP contribution < -0.4 is 0 Å². The Bertz CT molecular complexity index is 653. The van der Waals surface area contributed by atoms with Crippen molar-refractivity contribution in [3.8, 4) is 0 Å². The molecule has 0 saturated heterocycles. The van der Waals surface area contributed by atoms with E-state index in [9.17, 15) is 9.36 Å². The second kappa shape index (κ2) is 8.59. The van der Waals surface area contributed by atoms with Crippen LogP contribution in [0, 0.1) is 0 Å². The average molecular weight is 385 g/mol. The van der Waals surface area contributed by atoms with Gasteiger partial charge in [0.25, 0.3) is 0 Å². The summed E-state index contributed by atoms with van der Waals surface area (Å²) in [6, 6.07) is 9.60. The topological polar surface area (TPSA) is 66.8 Å². The van der Waals surface area contributed by atoms with E-state index in [4.69, 9.17) is 9.42 Å². The summed E-state index contributed by atoms with van der Waals surface area (Å²) in [5.41, 5.74) is 1.19. The minimum absolute atomic E-state index is 0.0434. The summed E-state index contributed by atoms with van der Waals surface area (Å²) >= 11 is 2.96. The van der Waals surface area contributed by atoms with Gasteiger partial charge in [-0.25, -0.2) is 0 Å². The smallest absolute Gasteiger partial charge is 0.318 e. The highest BCUT2D eigenvalue weighted by atomic mass is 32.2. The number of nitrogens with zero attached hydrogens (tertiary/aromatic N) is 1.